The molecule has 0 aliphatic heterocycles. The minimum atomic E-state index is -0.449. The lowest BCUT2D eigenvalue weighted by atomic mass is 10.1. The molecule has 2 rings (SSSR count). The lowest BCUT2D eigenvalue weighted by Crippen LogP contribution is -2.05. The molecule has 0 bridgehead atoms. The van der Waals surface area contributed by atoms with Crippen LogP contribution in [0.4, 0.5) is 11.4 Å². The second-order valence-electron chi connectivity index (χ2n) is 4.81. The summed E-state index contributed by atoms with van der Waals surface area (Å²) in [5.74, 6) is 0.264. The van der Waals surface area contributed by atoms with Gasteiger partial charge in [0.25, 0.3) is 0 Å². The maximum atomic E-state index is 10.8. The largest absolute Gasteiger partial charge is 0.490 e. The van der Waals surface area contributed by atoms with E-state index in [2.05, 4.69) is 30.4 Å². The number of nitro benzene ring substituents is 1. The quantitative estimate of drug-likeness (QED) is 0.651. The zero-order valence-electron chi connectivity index (χ0n) is 12.1. The molecule has 5 nitrogen and oxygen atoms in total. The van der Waals surface area contributed by atoms with Crippen LogP contribution >= 0.6 is 0 Å². The van der Waals surface area contributed by atoms with Gasteiger partial charge in [-0.05, 0) is 25.0 Å². The molecule has 21 heavy (non-hydrogen) atoms. The Kier molecular flexibility index (Phi) is 4.77. The molecule has 0 saturated carbocycles. The van der Waals surface area contributed by atoms with E-state index >= 15 is 0 Å². The van der Waals surface area contributed by atoms with Crippen LogP contribution in [-0.4, -0.2) is 18.6 Å². The van der Waals surface area contributed by atoms with E-state index < -0.39 is 4.92 Å². The number of anilines is 1. The van der Waals surface area contributed by atoms with Crippen molar-refractivity contribution in [3.63, 3.8) is 0 Å². The maximum absolute atomic E-state index is 10.8. The molecule has 0 aliphatic carbocycles. The summed E-state index contributed by atoms with van der Waals surface area (Å²) < 4.78 is 5.05. The van der Waals surface area contributed by atoms with E-state index in [1.807, 2.05) is 6.07 Å². The number of aryl methyl sites for hydroxylation is 1. The molecule has 0 radical (unpaired) electrons. The summed E-state index contributed by atoms with van der Waals surface area (Å²) >= 11 is 0. The van der Waals surface area contributed by atoms with Gasteiger partial charge in [0.1, 0.15) is 0 Å². The van der Waals surface area contributed by atoms with Crippen molar-refractivity contribution in [2.75, 3.05) is 19.0 Å². The highest BCUT2D eigenvalue weighted by molar-refractivity contribution is 5.58. The Bertz CT molecular complexity index is 641. The van der Waals surface area contributed by atoms with Crippen molar-refractivity contribution in [2.24, 2.45) is 0 Å². The zero-order chi connectivity index (χ0) is 15.2. The predicted molar refractivity (Wildman–Crippen MR) is 83.0 cm³/mol. The van der Waals surface area contributed by atoms with Crippen molar-refractivity contribution < 1.29 is 9.66 Å². The fourth-order valence-electron chi connectivity index (χ4n) is 2.16. The molecule has 0 fully saturated rings. The number of ether oxygens (including phenoxy) is 1. The molecular formula is C16H18N2O3. The molecule has 0 amide bonds. The van der Waals surface area contributed by atoms with Crippen LogP contribution in [0.3, 0.4) is 0 Å². The highest BCUT2D eigenvalue weighted by Gasteiger charge is 2.14. The fraction of sp³-hybridized carbons (Fsp3) is 0.250. The van der Waals surface area contributed by atoms with Crippen LogP contribution in [0.5, 0.6) is 5.75 Å². The molecule has 5 heteroatoms. The van der Waals surface area contributed by atoms with E-state index in [4.69, 9.17) is 4.74 Å². The highest BCUT2D eigenvalue weighted by atomic mass is 16.6. The summed E-state index contributed by atoms with van der Waals surface area (Å²) in [7, 11) is 1.43. The summed E-state index contributed by atoms with van der Waals surface area (Å²) in [6.07, 6.45) is 0.890. The number of methoxy groups -OCH3 is 1. The maximum Gasteiger partial charge on any atom is 0.311 e. The van der Waals surface area contributed by atoms with Gasteiger partial charge in [0, 0.05) is 24.4 Å². The van der Waals surface area contributed by atoms with Crippen LogP contribution in [0.2, 0.25) is 0 Å². The Hall–Kier alpha value is -2.56. The zero-order valence-corrected chi connectivity index (χ0v) is 12.1. The third-order valence-corrected chi connectivity index (χ3v) is 3.20. The summed E-state index contributed by atoms with van der Waals surface area (Å²) in [4.78, 5) is 10.4. The summed E-state index contributed by atoms with van der Waals surface area (Å²) in [6, 6.07) is 13.1. The van der Waals surface area contributed by atoms with Crippen LogP contribution in [0.15, 0.2) is 42.5 Å². The second-order valence-corrected chi connectivity index (χ2v) is 4.81. The third kappa shape index (κ3) is 3.95. The standard InChI is InChI=1S/C16H18N2O3/c1-12-4-3-5-13(10-12)8-9-17-14-6-7-15(18(19)20)16(11-14)21-2/h3-7,10-11,17H,8-9H2,1-2H3. The van der Waals surface area contributed by atoms with Gasteiger partial charge in [-0.3, -0.25) is 10.1 Å². The monoisotopic (exact) mass is 286 g/mol. The van der Waals surface area contributed by atoms with Crippen LogP contribution in [-0.2, 0) is 6.42 Å². The Morgan fingerprint density at radius 1 is 1.24 bits per heavy atom. The average Bonchev–Trinajstić information content (AvgIpc) is 2.47. The van der Waals surface area contributed by atoms with Crippen LogP contribution in [0.25, 0.3) is 0 Å². The molecule has 110 valence electrons. The lowest BCUT2D eigenvalue weighted by Gasteiger charge is -2.09. The molecule has 0 saturated heterocycles. The number of hydrogen-bond acceptors (Lipinski definition) is 4. The van der Waals surface area contributed by atoms with E-state index in [0.29, 0.717) is 0 Å². The van der Waals surface area contributed by atoms with Crippen molar-refractivity contribution in [2.45, 2.75) is 13.3 Å². The Morgan fingerprint density at radius 2 is 2.05 bits per heavy atom. The molecule has 1 N–H and O–H groups in total. The molecule has 0 aromatic heterocycles. The Balaban J connectivity index is 1.99. The van der Waals surface area contributed by atoms with Gasteiger partial charge in [-0.15, -0.1) is 0 Å². The first kappa shape index (κ1) is 14.8. The summed E-state index contributed by atoms with van der Waals surface area (Å²) in [6.45, 7) is 2.82. The van der Waals surface area contributed by atoms with E-state index in [1.54, 1.807) is 12.1 Å². The van der Waals surface area contributed by atoms with E-state index in [9.17, 15) is 10.1 Å². The average molecular weight is 286 g/mol. The first-order chi connectivity index (χ1) is 10.1. The van der Waals surface area contributed by atoms with Gasteiger partial charge >= 0.3 is 5.69 Å². The van der Waals surface area contributed by atoms with Gasteiger partial charge in [-0.2, -0.15) is 0 Å². The smallest absolute Gasteiger partial charge is 0.311 e. The summed E-state index contributed by atoms with van der Waals surface area (Å²) in [5, 5.41) is 14.1. The number of nitro groups is 1. The first-order valence-corrected chi connectivity index (χ1v) is 6.72. The Labute approximate surface area is 123 Å². The molecule has 0 unspecified atom stereocenters. The van der Waals surface area contributed by atoms with Gasteiger partial charge < -0.3 is 10.1 Å². The minimum Gasteiger partial charge on any atom is -0.490 e. The van der Waals surface area contributed by atoms with Crippen molar-refractivity contribution in [3.05, 3.63) is 63.7 Å². The number of rotatable bonds is 6. The topological polar surface area (TPSA) is 64.4 Å². The molecule has 0 spiro atoms. The van der Waals surface area contributed by atoms with Gasteiger partial charge in [0.2, 0.25) is 0 Å². The van der Waals surface area contributed by atoms with E-state index in [0.717, 1.165) is 18.7 Å². The van der Waals surface area contributed by atoms with E-state index in [-0.39, 0.29) is 11.4 Å². The van der Waals surface area contributed by atoms with Gasteiger partial charge in [-0.1, -0.05) is 29.8 Å². The van der Waals surface area contributed by atoms with E-state index in [1.165, 1.54) is 24.3 Å². The molecule has 0 atom stereocenters. The highest BCUT2D eigenvalue weighted by Crippen LogP contribution is 2.29. The van der Waals surface area contributed by atoms with Crippen LogP contribution < -0.4 is 10.1 Å². The molecule has 2 aromatic rings. The lowest BCUT2D eigenvalue weighted by molar-refractivity contribution is -0.385. The van der Waals surface area contributed by atoms with Crippen LogP contribution in [0.1, 0.15) is 11.1 Å². The third-order valence-electron chi connectivity index (χ3n) is 3.20. The number of hydrogen-bond donors (Lipinski definition) is 1. The van der Waals surface area contributed by atoms with Crippen molar-refractivity contribution in [1.82, 2.24) is 0 Å². The van der Waals surface area contributed by atoms with Crippen molar-refractivity contribution in [3.8, 4) is 5.75 Å². The normalized spacial score (nSPS) is 10.2. The second kappa shape index (κ2) is 6.74. The summed E-state index contributed by atoms with van der Waals surface area (Å²) in [5.41, 5.74) is 3.28. The Morgan fingerprint density at radius 3 is 2.71 bits per heavy atom. The van der Waals surface area contributed by atoms with Gasteiger partial charge in [0.15, 0.2) is 5.75 Å². The fourth-order valence-corrected chi connectivity index (χ4v) is 2.16. The van der Waals surface area contributed by atoms with Crippen molar-refractivity contribution in [1.29, 1.82) is 0 Å². The SMILES string of the molecule is COc1cc(NCCc2cccc(C)c2)ccc1[N+](=O)[O-]. The minimum absolute atomic E-state index is 0.0262. The number of benzene rings is 2. The van der Waals surface area contributed by atoms with Gasteiger partial charge in [-0.25, -0.2) is 0 Å². The van der Waals surface area contributed by atoms with Gasteiger partial charge in [0.05, 0.1) is 12.0 Å². The van der Waals surface area contributed by atoms with Crippen LogP contribution in [0, 0.1) is 17.0 Å². The van der Waals surface area contributed by atoms with Crippen molar-refractivity contribution >= 4 is 11.4 Å². The molecule has 2 aromatic carbocycles. The number of nitrogens with zero attached hydrogens (tertiary/aromatic N) is 1. The first-order valence-electron chi connectivity index (χ1n) is 6.72. The molecular weight excluding hydrogens is 268 g/mol. The number of nitrogens with one attached hydrogen (secondary N) is 1. The molecule has 0 heterocycles. The molecule has 0 aliphatic rings. The predicted octanol–water partition coefficient (Wildman–Crippen LogP) is 3.57.